The van der Waals surface area contributed by atoms with Gasteiger partial charge in [-0.3, -0.25) is 10.3 Å². The molecule has 2 amide bonds. The van der Waals surface area contributed by atoms with E-state index >= 15 is 0 Å². The first kappa shape index (κ1) is 17.3. The van der Waals surface area contributed by atoms with E-state index in [1.54, 1.807) is 29.3 Å². The molecule has 0 aliphatic carbocycles. The summed E-state index contributed by atoms with van der Waals surface area (Å²) in [5.74, 6) is 0.152. The molecular weight excluding hydrogens is 367 g/mol. The Labute approximate surface area is 159 Å². The first-order chi connectivity index (χ1) is 13.2. The number of amides is 2. The van der Waals surface area contributed by atoms with E-state index < -0.39 is 0 Å². The second-order valence-corrected chi connectivity index (χ2v) is 6.83. The molecule has 3 aromatic rings. The van der Waals surface area contributed by atoms with Gasteiger partial charge in [0.1, 0.15) is 5.82 Å². The van der Waals surface area contributed by atoms with E-state index in [4.69, 9.17) is 0 Å². The largest absolute Gasteiger partial charge is 0.345 e. The van der Waals surface area contributed by atoms with E-state index in [1.165, 1.54) is 29.8 Å². The number of anilines is 2. The maximum atomic E-state index is 13.9. The van der Waals surface area contributed by atoms with Gasteiger partial charge in [-0.1, -0.05) is 12.1 Å². The third kappa shape index (κ3) is 3.87. The van der Waals surface area contributed by atoms with Gasteiger partial charge in [0.2, 0.25) is 0 Å². The summed E-state index contributed by atoms with van der Waals surface area (Å²) < 4.78 is 13.9. The Morgan fingerprint density at radius 2 is 1.96 bits per heavy atom. The standard InChI is InChI=1S/C18H17FN6OS/c19-14-4-2-1-3-13(14)15-12-27-18(22-15)25-9-7-24(8-10-25)17(26)23-16-11-20-5-6-21-16/h1-6,11-12H,7-10H2,(H,21,23,26). The normalized spacial score (nSPS) is 14.3. The highest BCUT2D eigenvalue weighted by Gasteiger charge is 2.23. The van der Waals surface area contributed by atoms with Crippen molar-refractivity contribution in [2.24, 2.45) is 0 Å². The van der Waals surface area contributed by atoms with Gasteiger partial charge < -0.3 is 9.80 Å². The minimum Gasteiger partial charge on any atom is -0.345 e. The van der Waals surface area contributed by atoms with Crippen LogP contribution in [0.25, 0.3) is 11.3 Å². The van der Waals surface area contributed by atoms with Crippen LogP contribution in [-0.2, 0) is 0 Å². The van der Waals surface area contributed by atoms with Crippen molar-refractivity contribution in [3.63, 3.8) is 0 Å². The number of piperazine rings is 1. The van der Waals surface area contributed by atoms with Crippen LogP contribution in [-0.4, -0.2) is 52.1 Å². The third-order valence-corrected chi connectivity index (χ3v) is 5.18. The molecule has 1 aromatic carbocycles. The molecular formula is C18H17FN6OS. The van der Waals surface area contributed by atoms with E-state index in [0.29, 0.717) is 43.3 Å². The Morgan fingerprint density at radius 1 is 1.15 bits per heavy atom. The molecule has 1 saturated heterocycles. The van der Waals surface area contributed by atoms with Gasteiger partial charge in [-0.2, -0.15) is 0 Å². The molecule has 3 heterocycles. The zero-order valence-corrected chi connectivity index (χ0v) is 15.2. The van der Waals surface area contributed by atoms with Gasteiger partial charge in [0, 0.05) is 49.5 Å². The van der Waals surface area contributed by atoms with Crippen molar-refractivity contribution < 1.29 is 9.18 Å². The van der Waals surface area contributed by atoms with Crippen LogP contribution in [0.2, 0.25) is 0 Å². The van der Waals surface area contributed by atoms with Gasteiger partial charge in [0.05, 0.1) is 11.9 Å². The molecule has 9 heteroatoms. The quantitative estimate of drug-likeness (QED) is 0.751. The minimum absolute atomic E-state index is 0.193. The van der Waals surface area contributed by atoms with Gasteiger partial charge >= 0.3 is 6.03 Å². The van der Waals surface area contributed by atoms with Crippen molar-refractivity contribution in [3.8, 4) is 11.3 Å². The molecule has 0 radical (unpaired) electrons. The molecule has 0 spiro atoms. The van der Waals surface area contributed by atoms with Crippen LogP contribution in [0.3, 0.4) is 0 Å². The van der Waals surface area contributed by atoms with Gasteiger partial charge in [0.15, 0.2) is 10.9 Å². The lowest BCUT2D eigenvalue weighted by atomic mass is 10.2. The number of nitrogens with one attached hydrogen (secondary N) is 1. The van der Waals surface area contributed by atoms with Crippen LogP contribution < -0.4 is 10.2 Å². The van der Waals surface area contributed by atoms with E-state index in [-0.39, 0.29) is 11.8 Å². The van der Waals surface area contributed by atoms with E-state index in [0.717, 1.165) is 5.13 Å². The molecule has 0 saturated carbocycles. The number of hydrogen-bond donors (Lipinski definition) is 1. The molecule has 0 bridgehead atoms. The van der Waals surface area contributed by atoms with Crippen LogP contribution in [0.15, 0.2) is 48.2 Å². The summed E-state index contributed by atoms with van der Waals surface area (Å²) in [6.45, 7) is 2.47. The number of nitrogens with zero attached hydrogens (tertiary/aromatic N) is 5. The SMILES string of the molecule is O=C(Nc1cnccn1)N1CCN(c2nc(-c3ccccc3F)cs2)CC1. The zero-order valence-electron chi connectivity index (χ0n) is 14.4. The lowest BCUT2D eigenvalue weighted by molar-refractivity contribution is 0.208. The molecule has 0 unspecified atom stereocenters. The monoisotopic (exact) mass is 384 g/mol. The fourth-order valence-corrected chi connectivity index (χ4v) is 3.73. The fourth-order valence-electron chi connectivity index (χ4n) is 2.86. The maximum absolute atomic E-state index is 13.9. The van der Waals surface area contributed by atoms with Gasteiger partial charge in [-0.25, -0.2) is 19.2 Å². The van der Waals surface area contributed by atoms with Crippen molar-refractivity contribution in [1.29, 1.82) is 0 Å². The van der Waals surface area contributed by atoms with Crippen LogP contribution in [0, 0.1) is 5.82 Å². The molecule has 27 heavy (non-hydrogen) atoms. The number of carbonyl (C=O) groups excluding carboxylic acids is 1. The number of halogens is 1. The van der Waals surface area contributed by atoms with Crippen molar-refractivity contribution >= 4 is 28.3 Å². The molecule has 138 valence electrons. The number of urea groups is 1. The van der Waals surface area contributed by atoms with Crippen molar-refractivity contribution in [2.75, 3.05) is 36.4 Å². The van der Waals surface area contributed by atoms with Gasteiger partial charge in [-0.15, -0.1) is 11.3 Å². The highest BCUT2D eigenvalue weighted by molar-refractivity contribution is 7.14. The second kappa shape index (κ2) is 7.67. The predicted octanol–water partition coefficient (Wildman–Crippen LogP) is 3.09. The molecule has 4 rings (SSSR count). The molecule has 0 atom stereocenters. The molecule has 1 aliphatic heterocycles. The van der Waals surface area contributed by atoms with Crippen LogP contribution in [0.5, 0.6) is 0 Å². The molecule has 2 aromatic heterocycles. The van der Waals surface area contributed by atoms with Crippen LogP contribution in [0.1, 0.15) is 0 Å². The Kier molecular flexibility index (Phi) is 4.93. The summed E-state index contributed by atoms with van der Waals surface area (Å²) in [6, 6.07) is 6.43. The average molecular weight is 384 g/mol. The number of hydrogen-bond acceptors (Lipinski definition) is 6. The lowest BCUT2D eigenvalue weighted by Crippen LogP contribution is -2.50. The van der Waals surface area contributed by atoms with E-state index in [9.17, 15) is 9.18 Å². The highest BCUT2D eigenvalue weighted by Crippen LogP contribution is 2.29. The Hall–Kier alpha value is -3.07. The number of aromatic nitrogens is 3. The third-order valence-electron chi connectivity index (χ3n) is 4.28. The maximum Gasteiger partial charge on any atom is 0.323 e. The number of thiazole rings is 1. The summed E-state index contributed by atoms with van der Waals surface area (Å²) in [5, 5.41) is 5.44. The summed E-state index contributed by atoms with van der Waals surface area (Å²) in [6.07, 6.45) is 4.59. The first-order valence-electron chi connectivity index (χ1n) is 8.48. The summed E-state index contributed by atoms with van der Waals surface area (Å²) in [5.41, 5.74) is 1.14. The smallest absolute Gasteiger partial charge is 0.323 e. The number of rotatable bonds is 3. The minimum atomic E-state index is -0.278. The topological polar surface area (TPSA) is 74.2 Å². The Bertz CT molecular complexity index is 926. The zero-order chi connectivity index (χ0) is 18.6. The van der Waals surface area contributed by atoms with Gasteiger partial charge in [0.25, 0.3) is 0 Å². The predicted molar refractivity (Wildman–Crippen MR) is 102 cm³/mol. The lowest BCUT2D eigenvalue weighted by Gasteiger charge is -2.34. The fraction of sp³-hybridized carbons (Fsp3) is 0.222. The molecule has 1 N–H and O–H groups in total. The Balaban J connectivity index is 1.37. The molecule has 1 fully saturated rings. The molecule has 7 nitrogen and oxygen atoms in total. The molecule has 1 aliphatic rings. The average Bonchev–Trinajstić information content (AvgIpc) is 3.19. The number of benzene rings is 1. The number of carbonyl (C=O) groups is 1. The van der Waals surface area contributed by atoms with E-state index in [2.05, 4.69) is 25.2 Å². The highest BCUT2D eigenvalue weighted by atomic mass is 32.1. The van der Waals surface area contributed by atoms with Crippen molar-refractivity contribution in [2.45, 2.75) is 0 Å². The van der Waals surface area contributed by atoms with E-state index in [1.807, 2.05) is 5.38 Å². The summed E-state index contributed by atoms with van der Waals surface area (Å²) >= 11 is 1.48. The van der Waals surface area contributed by atoms with Crippen LogP contribution in [0.4, 0.5) is 20.1 Å². The Morgan fingerprint density at radius 3 is 2.70 bits per heavy atom. The summed E-state index contributed by atoms with van der Waals surface area (Å²) in [4.78, 5) is 28.7. The van der Waals surface area contributed by atoms with Gasteiger partial charge in [-0.05, 0) is 12.1 Å². The first-order valence-corrected chi connectivity index (χ1v) is 9.36. The van der Waals surface area contributed by atoms with Crippen molar-refractivity contribution in [1.82, 2.24) is 19.9 Å². The van der Waals surface area contributed by atoms with Crippen LogP contribution >= 0.6 is 11.3 Å². The van der Waals surface area contributed by atoms with Crippen molar-refractivity contribution in [3.05, 3.63) is 54.1 Å². The second-order valence-electron chi connectivity index (χ2n) is 5.99. The summed E-state index contributed by atoms with van der Waals surface area (Å²) in [7, 11) is 0.